The molecule has 0 heterocycles. The van der Waals surface area contributed by atoms with Gasteiger partial charge in [-0.05, 0) is 19.9 Å². The summed E-state index contributed by atoms with van der Waals surface area (Å²) in [6, 6.07) is -0.459. The van der Waals surface area contributed by atoms with Crippen LogP contribution in [0.1, 0.15) is 25.7 Å². The highest BCUT2D eigenvalue weighted by Gasteiger charge is 2.45. The molecular formula is C8H15F3N2. The van der Waals surface area contributed by atoms with Gasteiger partial charge in [0.25, 0.3) is 0 Å². The van der Waals surface area contributed by atoms with Gasteiger partial charge in [-0.3, -0.25) is 10.9 Å². The smallest absolute Gasteiger partial charge is 0.261 e. The van der Waals surface area contributed by atoms with Crippen LogP contribution < -0.4 is 10.9 Å². The van der Waals surface area contributed by atoms with Crippen molar-refractivity contribution in [1.82, 2.24) is 10.9 Å². The molecule has 78 valence electrons. The van der Waals surface area contributed by atoms with E-state index in [1.54, 1.807) is 7.05 Å². The van der Waals surface area contributed by atoms with E-state index in [-0.39, 0.29) is 6.42 Å². The number of nitrogens with one attached hydrogen (secondary N) is 2. The molecule has 0 aliphatic heterocycles. The average Bonchev–Trinajstić information content (AvgIpc) is 2.04. The van der Waals surface area contributed by atoms with E-state index in [9.17, 15) is 13.2 Å². The maximum atomic E-state index is 12.4. The summed E-state index contributed by atoms with van der Waals surface area (Å²) in [5, 5.41) is 0. The van der Waals surface area contributed by atoms with Gasteiger partial charge in [0.15, 0.2) is 0 Å². The van der Waals surface area contributed by atoms with Crippen LogP contribution in [0.4, 0.5) is 13.2 Å². The van der Waals surface area contributed by atoms with Crippen LogP contribution in [0.5, 0.6) is 0 Å². The van der Waals surface area contributed by atoms with Crippen molar-refractivity contribution in [3.63, 3.8) is 0 Å². The Kier molecular flexibility index (Phi) is 3.55. The van der Waals surface area contributed by atoms with Crippen molar-refractivity contribution < 1.29 is 13.2 Å². The number of hydrogen-bond acceptors (Lipinski definition) is 2. The zero-order valence-electron chi connectivity index (χ0n) is 7.62. The molecule has 1 aliphatic carbocycles. The van der Waals surface area contributed by atoms with Crippen LogP contribution >= 0.6 is 0 Å². The maximum Gasteiger partial charge on any atom is 0.393 e. The van der Waals surface area contributed by atoms with Crippen LogP contribution in [-0.4, -0.2) is 19.3 Å². The molecular weight excluding hydrogens is 181 g/mol. The third kappa shape index (κ3) is 2.84. The van der Waals surface area contributed by atoms with Gasteiger partial charge in [-0.25, -0.2) is 0 Å². The summed E-state index contributed by atoms with van der Waals surface area (Å²) >= 11 is 0. The summed E-state index contributed by atoms with van der Waals surface area (Å²) in [7, 11) is 1.60. The predicted octanol–water partition coefficient (Wildman–Crippen LogP) is 1.83. The van der Waals surface area contributed by atoms with Crippen LogP contribution in [0.25, 0.3) is 0 Å². The molecule has 1 rings (SSSR count). The standard InChI is InChI=1S/C8H15F3N2/c1-12-13-7-5-3-2-4-6(7)8(9,10)11/h6-7,12-13H,2-5H2,1H3. The number of hydrazine groups is 1. The average molecular weight is 196 g/mol. The van der Waals surface area contributed by atoms with Gasteiger partial charge >= 0.3 is 6.18 Å². The summed E-state index contributed by atoms with van der Waals surface area (Å²) in [6.07, 6.45) is -1.64. The summed E-state index contributed by atoms with van der Waals surface area (Å²) in [4.78, 5) is 0. The summed E-state index contributed by atoms with van der Waals surface area (Å²) in [5.41, 5.74) is 5.26. The van der Waals surface area contributed by atoms with Gasteiger partial charge < -0.3 is 0 Å². The van der Waals surface area contributed by atoms with Crippen LogP contribution in [0.3, 0.4) is 0 Å². The van der Waals surface area contributed by atoms with E-state index in [2.05, 4.69) is 10.9 Å². The van der Waals surface area contributed by atoms with Gasteiger partial charge in [-0.2, -0.15) is 13.2 Å². The number of rotatable bonds is 2. The zero-order chi connectivity index (χ0) is 9.90. The van der Waals surface area contributed by atoms with Crippen LogP contribution in [0.2, 0.25) is 0 Å². The summed E-state index contributed by atoms with van der Waals surface area (Å²) < 4.78 is 37.3. The van der Waals surface area contributed by atoms with Crippen molar-refractivity contribution in [1.29, 1.82) is 0 Å². The molecule has 0 aromatic heterocycles. The largest absolute Gasteiger partial charge is 0.393 e. The first kappa shape index (κ1) is 10.8. The first-order valence-electron chi connectivity index (χ1n) is 4.54. The van der Waals surface area contributed by atoms with Gasteiger partial charge in [0, 0.05) is 6.04 Å². The van der Waals surface area contributed by atoms with Gasteiger partial charge in [0.1, 0.15) is 0 Å². The Bertz CT molecular complexity index is 156. The Morgan fingerprint density at radius 1 is 1.15 bits per heavy atom. The highest BCUT2D eigenvalue weighted by atomic mass is 19.4. The molecule has 2 nitrogen and oxygen atoms in total. The number of alkyl halides is 3. The van der Waals surface area contributed by atoms with Crippen molar-refractivity contribution in [2.24, 2.45) is 5.92 Å². The first-order valence-corrected chi connectivity index (χ1v) is 4.54. The second-order valence-electron chi connectivity index (χ2n) is 3.43. The summed E-state index contributed by atoms with van der Waals surface area (Å²) in [6.45, 7) is 0. The van der Waals surface area contributed by atoms with E-state index >= 15 is 0 Å². The summed E-state index contributed by atoms with van der Waals surface area (Å²) in [5.74, 6) is -1.19. The van der Waals surface area contributed by atoms with E-state index in [1.807, 2.05) is 0 Å². The maximum absolute atomic E-state index is 12.4. The normalized spacial score (nSPS) is 30.5. The van der Waals surface area contributed by atoms with Crippen LogP contribution in [-0.2, 0) is 0 Å². The minimum absolute atomic E-state index is 0.253. The fourth-order valence-electron chi connectivity index (χ4n) is 1.88. The Morgan fingerprint density at radius 3 is 2.31 bits per heavy atom. The quantitative estimate of drug-likeness (QED) is 0.658. The molecule has 0 amide bonds. The lowest BCUT2D eigenvalue weighted by atomic mass is 9.84. The van der Waals surface area contributed by atoms with Crippen LogP contribution in [0.15, 0.2) is 0 Å². The molecule has 0 aromatic carbocycles. The van der Waals surface area contributed by atoms with E-state index in [4.69, 9.17) is 0 Å². The highest BCUT2D eigenvalue weighted by molar-refractivity contribution is 4.84. The van der Waals surface area contributed by atoms with E-state index in [0.29, 0.717) is 12.8 Å². The van der Waals surface area contributed by atoms with E-state index < -0.39 is 18.1 Å². The molecule has 1 saturated carbocycles. The molecule has 1 aliphatic rings. The SMILES string of the molecule is CNNC1CCCCC1C(F)(F)F. The molecule has 0 bridgehead atoms. The molecule has 1 fully saturated rings. The second kappa shape index (κ2) is 4.28. The first-order chi connectivity index (χ1) is 6.05. The second-order valence-corrected chi connectivity index (χ2v) is 3.43. The van der Waals surface area contributed by atoms with Crippen molar-refractivity contribution in [2.75, 3.05) is 7.05 Å². The van der Waals surface area contributed by atoms with E-state index in [0.717, 1.165) is 6.42 Å². The Hall–Kier alpha value is -0.290. The van der Waals surface area contributed by atoms with Crippen molar-refractivity contribution in [3.8, 4) is 0 Å². The third-order valence-corrected chi connectivity index (χ3v) is 2.52. The Labute approximate surface area is 75.9 Å². The molecule has 0 radical (unpaired) electrons. The third-order valence-electron chi connectivity index (χ3n) is 2.52. The fourth-order valence-corrected chi connectivity index (χ4v) is 1.88. The lowest BCUT2D eigenvalue weighted by Gasteiger charge is -2.33. The predicted molar refractivity (Wildman–Crippen MR) is 44.0 cm³/mol. The van der Waals surface area contributed by atoms with Crippen LogP contribution in [0, 0.1) is 5.92 Å². The van der Waals surface area contributed by atoms with Gasteiger partial charge in [0.2, 0.25) is 0 Å². The van der Waals surface area contributed by atoms with E-state index in [1.165, 1.54) is 0 Å². The highest BCUT2D eigenvalue weighted by Crippen LogP contribution is 2.37. The molecule has 13 heavy (non-hydrogen) atoms. The van der Waals surface area contributed by atoms with Crippen molar-refractivity contribution in [3.05, 3.63) is 0 Å². The monoisotopic (exact) mass is 196 g/mol. The molecule has 2 atom stereocenters. The van der Waals surface area contributed by atoms with Gasteiger partial charge in [0.05, 0.1) is 5.92 Å². The number of hydrogen-bond donors (Lipinski definition) is 2. The van der Waals surface area contributed by atoms with Gasteiger partial charge in [-0.15, -0.1) is 0 Å². The topological polar surface area (TPSA) is 24.1 Å². The Balaban J connectivity index is 2.56. The molecule has 2 unspecified atom stereocenters. The molecule has 0 saturated heterocycles. The lowest BCUT2D eigenvalue weighted by Crippen LogP contribution is -2.49. The minimum atomic E-state index is -4.06. The minimum Gasteiger partial charge on any atom is -0.261 e. The molecule has 0 spiro atoms. The van der Waals surface area contributed by atoms with Crippen molar-refractivity contribution >= 4 is 0 Å². The van der Waals surface area contributed by atoms with Crippen molar-refractivity contribution in [2.45, 2.75) is 37.9 Å². The molecule has 2 N–H and O–H groups in total. The Morgan fingerprint density at radius 2 is 1.77 bits per heavy atom. The number of halogens is 3. The molecule has 5 heteroatoms. The zero-order valence-corrected chi connectivity index (χ0v) is 7.62. The fraction of sp³-hybridized carbons (Fsp3) is 1.00. The lowest BCUT2D eigenvalue weighted by molar-refractivity contribution is -0.189. The molecule has 0 aromatic rings. The van der Waals surface area contributed by atoms with Gasteiger partial charge in [-0.1, -0.05) is 12.8 Å².